The highest BCUT2D eigenvalue weighted by Crippen LogP contribution is 1.99. The molecule has 3 nitrogen and oxygen atoms in total. The lowest BCUT2D eigenvalue weighted by atomic mass is 10.1. The molecule has 1 aromatic heterocycles. The van der Waals surface area contributed by atoms with Gasteiger partial charge in [-0.1, -0.05) is 13.8 Å². The number of aromatic amines is 1. The lowest BCUT2D eigenvalue weighted by Gasteiger charge is -2.14. The standard InChI is InChI=1S/C10H18N2O/c1-8(2)10(13)7-11-6-9-4-3-5-12-9/h3-5,8,10-13H,6-7H2,1-2H3. The molecule has 3 heteroatoms. The van der Waals surface area contributed by atoms with E-state index in [1.54, 1.807) is 0 Å². The Bertz CT molecular complexity index is 219. The number of H-pyrrole nitrogens is 1. The Hall–Kier alpha value is -0.800. The van der Waals surface area contributed by atoms with Crippen molar-refractivity contribution in [2.75, 3.05) is 6.54 Å². The predicted octanol–water partition coefficient (Wildman–Crippen LogP) is 1.12. The van der Waals surface area contributed by atoms with Gasteiger partial charge in [-0.25, -0.2) is 0 Å². The summed E-state index contributed by atoms with van der Waals surface area (Å²) in [5.74, 6) is 0.316. The molecule has 0 fully saturated rings. The van der Waals surface area contributed by atoms with Gasteiger partial charge in [0.1, 0.15) is 0 Å². The van der Waals surface area contributed by atoms with Crippen molar-refractivity contribution in [3.05, 3.63) is 24.0 Å². The molecule has 1 atom stereocenters. The number of aromatic nitrogens is 1. The molecule has 0 bridgehead atoms. The Morgan fingerprint density at radius 3 is 2.85 bits per heavy atom. The number of hydrogen-bond acceptors (Lipinski definition) is 2. The minimum Gasteiger partial charge on any atom is -0.392 e. The Kier molecular flexibility index (Phi) is 3.99. The maximum absolute atomic E-state index is 9.48. The zero-order valence-electron chi connectivity index (χ0n) is 8.25. The Labute approximate surface area is 79.2 Å². The van der Waals surface area contributed by atoms with Gasteiger partial charge in [-0.2, -0.15) is 0 Å². The normalized spacial score (nSPS) is 13.5. The molecule has 0 aromatic carbocycles. The number of hydrogen-bond donors (Lipinski definition) is 3. The van der Waals surface area contributed by atoms with E-state index in [2.05, 4.69) is 10.3 Å². The van der Waals surface area contributed by atoms with Crippen LogP contribution < -0.4 is 5.32 Å². The molecule has 0 radical (unpaired) electrons. The van der Waals surface area contributed by atoms with E-state index in [0.29, 0.717) is 12.5 Å². The molecule has 0 spiro atoms. The second-order valence-electron chi connectivity index (χ2n) is 3.64. The predicted molar refractivity (Wildman–Crippen MR) is 53.3 cm³/mol. The Balaban J connectivity index is 2.14. The van der Waals surface area contributed by atoms with Gasteiger partial charge in [-0.05, 0) is 18.1 Å². The fraction of sp³-hybridized carbons (Fsp3) is 0.600. The molecule has 0 aliphatic heterocycles. The maximum atomic E-state index is 9.48. The molecule has 0 saturated heterocycles. The first-order chi connectivity index (χ1) is 6.20. The molecule has 74 valence electrons. The van der Waals surface area contributed by atoms with Crippen LogP contribution in [0.1, 0.15) is 19.5 Å². The van der Waals surface area contributed by atoms with Gasteiger partial charge in [0.25, 0.3) is 0 Å². The fourth-order valence-electron chi connectivity index (χ4n) is 1.07. The van der Waals surface area contributed by atoms with Gasteiger partial charge in [-0.3, -0.25) is 0 Å². The van der Waals surface area contributed by atoms with Gasteiger partial charge in [0.15, 0.2) is 0 Å². The first-order valence-electron chi connectivity index (χ1n) is 4.71. The molecule has 0 amide bonds. The average Bonchev–Trinajstić information content (AvgIpc) is 2.56. The maximum Gasteiger partial charge on any atom is 0.0687 e. The van der Waals surface area contributed by atoms with Gasteiger partial charge < -0.3 is 15.4 Å². The largest absolute Gasteiger partial charge is 0.392 e. The fourth-order valence-corrected chi connectivity index (χ4v) is 1.07. The Morgan fingerprint density at radius 1 is 1.54 bits per heavy atom. The van der Waals surface area contributed by atoms with E-state index < -0.39 is 0 Å². The lowest BCUT2D eigenvalue weighted by Crippen LogP contribution is -2.30. The highest BCUT2D eigenvalue weighted by Gasteiger charge is 2.07. The summed E-state index contributed by atoms with van der Waals surface area (Å²) in [6, 6.07) is 3.99. The SMILES string of the molecule is CC(C)C(O)CNCc1ccc[nH]1. The molecule has 13 heavy (non-hydrogen) atoms. The van der Waals surface area contributed by atoms with E-state index in [1.807, 2.05) is 32.2 Å². The minimum atomic E-state index is -0.255. The third-order valence-electron chi connectivity index (χ3n) is 2.10. The van der Waals surface area contributed by atoms with Crippen molar-refractivity contribution in [2.45, 2.75) is 26.5 Å². The van der Waals surface area contributed by atoms with Crippen LogP contribution in [0.25, 0.3) is 0 Å². The van der Waals surface area contributed by atoms with Crippen LogP contribution in [0.5, 0.6) is 0 Å². The van der Waals surface area contributed by atoms with Crippen LogP contribution in [-0.4, -0.2) is 22.7 Å². The van der Waals surface area contributed by atoms with Crippen molar-refractivity contribution >= 4 is 0 Å². The summed E-state index contributed by atoms with van der Waals surface area (Å²) in [5.41, 5.74) is 1.15. The van der Waals surface area contributed by atoms with Crippen LogP contribution in [0.4, 0.5) is 0 Å². The minimum absolute atomic E-state index is 0.255. The van der Waals surface area contributed by atoms with Crippen molar-refractivity contribution in [3.63, 3.8) is 0 Å². The first-order valence-corrected chi connectivity index (χ1v) is 4.71. The number of nitrogens with one attached hydrogen (secondary N) is 2. The van der Waals surface area contributed by atoms with E-state index in [1.165, 1.54) is 0 Å². The summed E-state index contributed by atoms with van der Waals surface area (Å²) in [6.45, 7) is 5.47. The van der Waals surface area contributed by atoms with E-state index in [4.69, 9.17) is 0 Å². The van der Waals surface area contributed by atoms with Crippen molar-refractivity contribution in [1.29, 1.82) is 0 Å². The summed E-state index contributed by atoms with van der Waals surface area (Å²) in [5, 5.41) is 12.7. The molecule has 1 aromatic rings. The van der Waals surface area contributed by atoms with Crippen LogP contribution in [0.2, 0.25) is 0 Å². The summed E-state index contributed by atoms with van der Waals surface area (Å²) in [7, 11) is 0. The summed E-state index contributed by atoms with van der Waals surface area (Å²) in [6.07, 6.45) is 1.64. The summed E-state index contributed by atoms with van der Waals surface area (Å²) in [4.78, 5) is 3.10. The molecule has 0 aliphatic rings. The lowest BCUT2D eigenvalue weighted by molar-refractivity contribution is 0.123. The van der Waals surface area contributed by atoms with Crippen molar-refractivity contribution < 1.29 is 5.11 Å². The van der Waals surface area contributed by atoms with Crippen molar-refractivity contribution in [3.8, 4) is 0 Å². The van der Waals surface area contributed by atoms with E-state index in [0.717, 1.165) is 12.2 Å². The molecule has 1 heterocycles. The highest BCUT2D eigenvalue weighted by atomic mass is 16.3. The number of aliphatic hydroxyl groups is 1. The van der Waals surface area contributed by atoms with Crippen LogP contribution >= 0.6 is 0 Å². The van der Waals surface area contributed by atoms with Gasteiger partial charge in [0.05, 0.1) is 6.10 Å². The zero-order valence-corrected chi connectivity index (χ0v) is 8.25. The van der Waals surface area contributed by atoms with Crippen LogP contribution in [0, 0.1) is 5.92 Å². The molecular formula is C10H18N2O. The third kappa shape index (κ3) is 3.61. The molecular weight excluding hydrogens is 164 g/mol. The topological polar surface area (TPSA) is 48.0 Å². The molecule has 0 aliphatic carbocycles. The molecule has 3 N–H and O–H groups in total. The van der Waals surface area contributed by atoms with Crippen molar-refractivity contribution in [2.24, 2.45) is 5.92 Å². The zero-order chi connectivity index (χ0) is 9.68. The molecule has 0 saturated carbocycles. The summed E-state index contributed by atoms with van der Waals surface area (Å²) < 4.78 is 0. The van der Waals surface area contributed by atoms with E-state index in [9.17, 15) is 5.11 Å². The quantitative estimate of drug-likeness (QED) is 0.639. The monoisotopic (exact) mass is 182 g/mol. The van der Waals surface area contributed by atoms with Gasteiger partial charge in [0, 0.05) is 25.0 Å². The second-order valence-corrected chi connectivity index (χ2v) is 3.64. The first kappa shape index (κ1) is 10.3. The van der Waals surface area contributed by atoms with Gasteiger partial charge in [0.2, 0.25) is 0 Å². The van der Waals surface area contributed by atoms with E-state index >= 15 is 0 Å². The molecule has 1 unspecified atom stereocenters. The van der Waals surface area contributed by atoms with Crippen LogP contribution in [0.3, 0.4) is 0 Å². The third-order valence-corrected chi connectivity index (χ3v) is 2.10. The number of aliphatic hydroxyl groups excluding tert-OH is 1. The van der Waals surface area contributed by atoms with Gasteiger partial charge >= 0.3 is 0 Å². The second kappa shape index (κ2) is 5.04. The molecule has 1 rings (SSSR count). The average molecular weight is 182 g/mol. The number of rotatable bonds is 5. The highest BCUT2D eigenvalue weighted by molar-refractivity contribution is 5.02. The summed E-state index contributed by atoms with van der Waals surface area (Å²) >= 11 is 0. The van der Waals surface area contributed by atoms with E-state index in [-0.39, 0.29) is 6.10 Å². The Morgan fingerprint density at radius 2 is 2.31 bits per heavy atom. The van der Waals surface area contributed by atoms with Gasteiger partial charge in [-0.15, -0.1) is 0 Å². The van der Waals surface area contributed by atoms with Crippen LogP contribution in [0.15, 0.2) is 18.3 Å². The smallest absolute Gasteiger partial charge is 0.0687 e. The van der Waals surface area contributed by atoms with Crippen LogP contribution in [-0.2, 0) is 6.54 Å². The van der Waals surface area contributed by atoms with Crippen molar-refractivity contribution in [1.82, 2.24) is 10.3 Å².